The van der Waals surface area contributed by atoms with Crippen LogP contribution < -0.4 is 10.1 Å². The molecule has 5 nitrogen and oxygen atoms in total. The van der Waals surface area contributed by atoms with Crippen LogP contribution in [0.15, 0.2) is 48.5 Å². The minimum absolute atomic E-state index is 0.164. The number of ether oxygens (including phenoxy) is 2. The summed E-state index contributed by atoms with van der Waals surface area (Å²) in [6, 6.07) is 14.1. The molecule has 6 heteroatoms. The second-order valence-corrected chi connectivity index (χ2v) is 6.64. The fourth-order valence-electron chi connectivity index (χ4n) is 2.29. The molecule has 0 bridgehead atoms. The monoisotopic (exact) mass is 375 g/mol. The summed E-state index contributed by atoms with van der Waals surface area (Å²) in [5.74, 6) is -0.131. The molecule has 0 aromatic heterocycles. The lowest BCUT2D eigenvalue weighted by molar-refractivity contribution is -0.145. The summed E-state index contributed by atoms with van der Waals surface area (Å²) >= 11 is 5.91. The number of nitrogens with one attached hydrogen (secondary N) is 1. The molecule has 0 aliphatic rings. The minimum Gasteiger partial charge on any atom is -0.482 e. The first-order valence-corrected chi connectivity index (χ1v) is 8.66. The lowest BCUT2D eigenvalue weighted by Gasteiger charge is -2.24. The van der Waals surface area contributed by atoms with E-state index in [1.807, 2.05) is 26.0 Å². The van der Waals surface area contributed by atoms with E-state index in [2.05, 4.69) is 5.32 Å². The Morgan fingerprint density at radius 1 is 1.12 bits per heavy atom. The summed E-state index contributed by atoms with van der Waals surface area (Å²) in [4.78, 5) is 24.1. The Labute approximate surface area is 158 Å². The smallest absolute Gasteiger partial charge is 0.344 e. The zero-order chi connectivity index (χ0) is 19.2. The molecule has 2 aromatic carbocycles. The van der Waals surface area contributed by atoms with Crippen LogP contribution in [0.3, 0.4) is 0 Å². The molecule has 0 heterocycles. The van der Waals surface area contributed by atoms with Crippen molar-refractivity contribution in [1.29, 1.82) is 0 Å². The highest BCUT2D eigenvalue weighted by atomic mass is 35.5. The van der Waals surface area contributed by atoms with E-state index in [9.17, 15) is 9.59 Å². The van der Waals surface area contributed by atoms with Gasteiger partial charge in [0.1, 0.15) is 5.75 Å². The first-order chi connectivity index (χ1) is 12.3. The fraction of sp³-hybridized carbons (Fsp3) is 0.300. The van der Waals surface area contributed by atoms with Crippen LogP contribution in [0.1, 0.15) is 26.3 Å². The summed E-state index contributed by atoms with van der Waals surface area (Å²) in [6.07, 6.45) is 0. The summed E-state index contributed by atoms with van der Waals surface area (Å²) in [7, 11) is 0. The number of amides is 1. The van der Waals surface area contributed by atoms with Crippen LogP contribution in [0, 0.1) is 0 Å². The Bertz CT molecular complexity index is 772. The molecule has 0 unspecified atom stereocenters. The lowest BCUT2D eigenvalue weighted by atomic mass is 9.83. The second kappa shape index (κ2) is 8.72. The van der Waals surface area contributed by atoms with Gasteiger partial charge in [0.2, 0.25) is 5.91 Å². The Hall–Kier alpha value is -2.53. The quantitative estimate of drug-likeness (QED) is 0.736. The van der Waals surface area contributed by atoms with E-state index in [0.29, 0.717) is 23.1 Å². The van der Waals surface area contributed by atoms with Crippen molar-refractivity contribution >= 4 is 29.2 Å². The molecule has 0 saturated carbocycles. The Balaban J connectivity index is 2.05. The van der Waals surface area contributed by atoms with E-state index in [1.54, 1.807) is 43.3 Å². The standard InChI is InChI=1S/C20H22ClNO4/c1-4-25-18(23)13-26-17-7-5-6-16(12-17)22-19(24)20(2,3)14-8-10-15(21)11-9-14/h5-12H,4,13H2,1-3H3,(H,22,24). The molecule has 0 saturated heterocycles. The van der Waals surface area contributed by atoms with Crippen LogP contribution in [0.5, 0.6) is 5.75 Å². The number of carbonyl (C=O) groups is 2. The van der Waals surface area contributed by atoms with Crippen LogP contribution in [-0.4, -0.2) is 25.1 Å². The third kappa shape index (κ3) is 5.23. The van der Waals surface area contributed by atoms with Crippen molar-refractivity contribution in [2.45, 2.75) is 26.2 Å². The average Bonchev–Trinajstić information content (AvgIpc) is 2.61. The minimum atomic E-state index is -0.744. The number of halogens is 1. The highest BCUT2D eigenvalue weighted by Crippen LogP contribution is 2.27. The van der Waals surface area contributed by atoms with Crippen LogP contribution in [0.4, 0.5) is 5.69 Å². The van der Waals surface area contributed by atoms with Gasteiger partial charge >= 0.3 is 5.97 Å². The molecule has 26 heavy (non-hydrogen) atoms. The molecule has 0 atom stereocenters. The van der Waals surface area contributed by atoms with Gasteiger partial charge in [-0.3, -0.25) is 4.79 Å². The van der Waals surface area contributed by atoms with Gasteiger partial charge in [0.15, 0.2) is 6.61 Å². The number of benzene rings is 2. The van der Waals surface area contributed by atoms with Gasteiger partial charge in [-0.1, -0.05) is 29.8 Å². The van der Waals surface area contributed by atoms with Crippen LogP contribution >= 0.6 is 11.6 Å². The van der Waals surface area contributed by atoms with Crippen molar-refractivity contribution in [2.24, 2.45) is 0 Å². The molecule has 1 amide bonds. The van der Waals surface area contributed by atoms with Gasteiger partial charge in [0, 0.05) is 16.8 Å². The third-order valence-electron chi connectivity index (χ3n) is 3.89. The highest BCUT2D eigenvalue weighted by Gasteiger charge is 2.29. The summed E-state index contributed by atoms with van der Waals surface area (Å²) < 4.78 is 10.2. The maximum atomic E-state index is 12.7. The van der Waals surface area contributed by atoms with Crippen LogP contribution in [0.25, 0.3) is 0 Å². The zero-order valence-electron chi connectivity index (χ0n) is 15.0. The van der Waals surface area contributed by atoms with E-state index in [-0.39, 0.29) is 12.5 Å². The summed E-state index contributed by atoms with van der Waals surface area (Å²) in [6.45, 7) is 5.54. The third-order valence-corrected chi connectivity index (χ3v) is 4.14. The number of hydrogen-bond acceptors (Lipinski definition) is 4. The Kier molecular flexibility index (Phi) is 6.64. The molecule has 2 rings (SSSR count). The van der Waals surface area contributed by atoms with Gasteiger partial charge in [0.05, 0.1) is 12.0 Å². The maximum absolute atomic E-state index is 12.7. The van der Waals surface area contributed by atoms with E-state index in [0.717, 1.165) is 5.56 Å². The molecule has 1 N–H and O–H groups in total. The van der Waals surface area contributed by atoms with Gasteiger partial charge < -0.3 is 14.8 Å². The number of anilines is 1. The molecule has 0 spiro atoms. The molecule has 2 aromatic rings. The largest absolute Gasteiger partial charge is 0.482 e. The van der Waals surface area contributed by atoms with Crippen LogP contribution in [-0.2, 0) is 19.7 Å². The molecule has 0 aliphatic heterocycles. The first-order valence-electron chi connectivity index (χ1n) is 8.29. The van der Waals surface area contributed by atoms with Crippen molar-refractivity contribution < 1.29 is 19.1 Å². The van der Waals surface area contributed by atoms with Gasteiger partial charge in [-0.2, -0.15) is 0 Å². The molecule has 0 radical (unpaired) electrons. The highest BCUT2D eigenvalue weighted by molar-refractivity contribution is 6.30. The number of carbonyl (C=O) groups excluding carboxylic acids is 2. The molecule has 0 fully saturated rings. The fourth-order valence-corrected chi connectivity index (χ4v) is 2.42. The van der Waals surface area contributed by atoms with Crippen molar-refractivity contribution in [3.05, 3.63) is 59.1 Å². The first kappa shape index (κ1) is 19.8. The predicted molar refractivity (Wildman–Crippen MR) is 102 cm³/mol. The molecule has 138 valence electrons. The second-order valence-electron chi connectivity index (χ2n) is 6.21. The van der Waals surface area contributed by atoms with E-state index < -0.39 is 11.4 Å². The Morgan fingerprint density at radius 3 is 2.46 bits per heavy atom. The van der Waals surface area contributed by atoms with Gasteiger partial charge in [-0.15, -0.1) is 0 Å². The van der Waals surface area contributed by atoms with E-state index in [4.69, 9.17) is 21.1 Å². The van der Waals surface area contributed by atoms with Gasteiger partial charge in [0.25, 0.3) is 0 Å². The van der Waals surface area contributed by atoms with Crippen molar-refractivity contribution in [3.8, 4) is 5.75 Å². The zero-order valence-corrected chi connectivity index (χ0v) is 15.8. The number of hydrogen-bond donors (Lipinski definition) is 1. The maximum Gasteiger partial charge on any atom is 0.344 e. The van der Waals surface area contributed by atoms with Crippen molar-refractivity contribution in [2.75, 3.05) is 18.5 Å². The molecular weight excluding hydrogens is 354 g/mol. The summed E-state index contributed by atoms with van der Waals surface area (Å²) in [5.41, 5.74) is 0.694. The van der Waals surface area contributed by atoms with Crippen LogP contribution in [0.2, 0.25) is 5.02 Å². The number of rotatable bonds is 7. The Morgan fingerprint density at radius 2 is 1.81 bits per heavy atom. The normalized spacial score (nSPS) is 10.9. The number of esters is 1. The van der Waals surface area contributed by atoms with Crippen molar-refractivity contribution in [3.63, 3.8) is 0 Å². The topological polar surface area (TPSA) is 64.6 Å². The predicted octanol–water partition coefficient (Wildman–Crippen LogP) is 4.20. The van der Waals surface area contributed by atoms with Gasteiger partial charge in [-0.25, -0.2) is 4.79 Å². The van der Waals surface area contributed by atoms with E-state index in [1.165, 1.54) is 0 Å². The average molecular weight is 376 g/mol. The SMILES string of the molecule is CCOC(=O)COc1cccc(NC(=O)C(C)(C)c2ccc(Cl)cc2)c1. The lowest BCUT2D eigenvalue weighted by Crippen LogP contribution is -2.34. The molecular formula is C20H22ClNO4. The van der Waals surface area contributed by atoms with E-state index >= 15 is 0 Å². The molecule has 0 aliphatic carbocycles. The van der Waals surface area contributed by atoms with Gasteiger partial charge in [-0.05, 0) is 50.6 Å². The summed E-state index contributed by atoms with van der Waals surface area (Å²) in [5, 5.41) is 3.50. The van der Waals surface area contributed by atoms with Crippen molar-refractivity contribution in [1.82, 2.24) is 0 Å².